The summed E-state index contributed by atoms with van der Waals surface area (Å²) in [5, 5.41) is 2.58. The molecule has 0 unspecified atom stereocenters. The molecule has 0 radical (unpaired) electrons. The van der Waals surface area contributed by atoms with Crippen molar-refractivity contribution in [3.63, 3.8) is 0 Å². The standard InChI is InChI=1S/C13H11ClFNO4/c1-13(2)19-11(17)8(12(18)20-13)6-16-7-3-4-10(15)9(14)5-7/h3-6,16H,1-2H3. The van der Waals surface area contributed by atoms with E-state index in [1.165, 1.54) is 26.0 Å². The minimum Gasteiger partial charge on any atom is -0.419 e. The van der Waals surface area contributed by atoms with Gasteiger partial charge in [0.15, 0.2) is 5.57 Å². The number of esters is 2. The summed E-state index contributed by atoms with van der Waals surface area (Å²) in [6.07, 6.45) is 1.13. The van der Waals surface area contributed by atoms with Gasteiger partial charge in [-0.1, -0.05) is 11.6 Å². The third kappa shape index (κ3) is 3.08. The molecule has 0 bridgehead atoms. The van der Waals surface area contributed by atoms with Crippen LogP contribution < -0.4 is 5.32 Å². The summed E-state index contributed by atoms with van der Waals surface area (Å²) >= 11 is 5.61. The molecule has 0 spiro atoms. The van der Waals surface area contributed by atoms with E-state index >= 15 is 0 Å². The van der Waals surface area contributed by atoms with Gasteiger partial charge in [-0.15, -0.1) is 0 Å². The number of anilines is 1. The van der Waals surface area contributed by atoms with E-state index in [9.17, 15) is 14.0 Å². The maximum absolute atomic E-state index is 13.0. The number of rotatable bonds is 2. The highest BCUT2D eigenvalue weighted by atomic mass is 35.5. The van der Waals surface area contributed by atoms with E-state index in [4.69, 9.17) is 21.1 Å². The van der Waals surface area contributed by atoms with Crippen molar-refractivity contribution < 1.29 is 23.5 Å². The fourth-order valence-corrected chi connectivity index (χ4v) is 1.70. The number of ether oxygens (including phenoxy) is 2. The zero-order valence-corrected chi connectivity index (χ0v) is 11.5. The van der Waals surface area contributed by atoms with Crippen molar-refractivity contribution in [2.75, 3.05) is 5.32 Å². The van der Waals surface area contributed by atoms with E-state index < -0.39 is 23.5 Å². The highest BCUT2D eigenvalue weighted by molar-refractivity contribution is 6.31. The number of carbonyl (C=O) groups excluding carboxylic acids is 2. The first-order chi connectivity index (χ1) is 9.28. The Kier molecular flexibility index (Phi) is 3.67. The van der Waals surface area contributed by atoms with E-state index in [2.05, 4.69) is 5.32 Å². The van der Waals surface area contributed by atoms with Gasteiger partial charge in [0.1, 0.15) is 5.82 Å². The van der Waals surface area contributed by atoms with Gasteiger partial charge in [-0.05, 0) is 18.2 Å². The molecule has 106 valence electrons. The van der Waals surface area contributed by atoms with Crippen molar-refractivity contribution in [1.29, 1.82) is 0 Å². The Morgan fingerprint density at radius 1 is 1.25 bits per heavy atom. The fourth-order valence-electron chi connectivity index (χ4n) is 1.52. The molecule has 20 heavy (non-hydrogen) atoms. The Bertz CT molecular complexity index is 590. The molecule has 1 aromatic rings. The van der Waals surface area contributed by atoms with Crippen LogP contribution >= 0.6 is 11.6 Å². The van der Waals surface area contributed by atoms with Crippen molar-refractivity contribution in [1.82, 2.24) is 0 Å². The summed E-state index contributed by atoms with van der Waals surface area (Å²) < 4.78 is 22.8. The minimum absolute atomic E-state index is 0.0802. The van der Waals surface area contributed by atoms with E-state index in [-0.39, 0.29) is 10.6 Å². The van der Waals surface area contributed by atoms with Crippen molar-refractivity contribution in [3.05, 3.63) is 40.8 Å². The number of cyclic esters (lactones) is 2. The number of nitrogens with one attached hydrogen (secondary N) is 1. The minimum atomic E-state index is -1.29. The van der Waals surface area contributed by atoms with Crippen LogP contribution in [0.1, 0.15) is 13.8 Å². The normalized spacial score (nSPS) is 17.3. The average molecular weight is 300 g/mol. The Balaban J connectivity index is 2.17. The number of carbonyl (C=O) groups is 2. The maximum atomic E-state index is 13.0. The van der Waals surface area contributed by atoms with Crippen LogP contribution in [0.25, 0.3) is 0 Å². The van der Waals surface area contributed by atoms with Gasteiger partial charge in [-0.25, -0.2) is 14.0 Å². The van der Waals surface area contributed by atoms with Gasteiger partial charge in [0, 0.05) is 25.7 Å². The van der Waals surface area contributed by atoms with E-state index in [1.54, 1.807) is 0 Å². The monoisotopic (exact) mass is 299 g/mol. The Morgan fingerprint density at radius 2 is 1.85 bits per heavy atom. The molecule has 1 aliphatic heterocycles. The van der Waals surface area contributed by atoms with Gasteiger partial charge in [-0.3, -0.25) is 0 Å². The quantitative estimate of drug-likeness (QED) is 0.516. The Hall–Kier alpha value is -2.08. The molecule has 0 atom stereocenters. The third-order valence-corrected chi connectivity index (χ3v) is 2.71. The highest BCUT2D eigenvalue weighted by Gasteiger charge is 2.38. The molecule has 0 aromatic heterocycles. The van der Waals surface area contributed by atoms with Gasteiger partial charge >= 0.3 is 11.9 Å². The van der Waals surface area contributed by atoms with Crippen LogP contribution in [0.15, 0.2) is 30.0 Å². The van der Waals surface area contributed by atoms with Crippen LogP contribution in [0, 0.1) is 5.82 Å². The lowest BCUT2D eigenvalue weighted by molar-refractivity contribution is -0.222. The lowest BCUT2D eigenvalue weighted by atomic mass is 10.2. The molecule has 1 aromatic carbocycles. The van der Waals surface area contributed by atoms with Crippen LogP contribution in [0.4, 0.5) is 10.1 Å². The van der Waals surface area contributed by atoms with Crippen molar-refractivity contribution in [2.24, 2.45) is 0 Å². The fraction of sp³-hybridized carbons (Fsp3) is 0.231. The molecular formula is C13H11ClFNO4. The van der Waals surface area contributed by atoms with E-state index in [0.717, 1.165) is 12.3 Å². The van der Waals surface area contributed by atoms with Crippen molar-refractivity contribution in [3.8, 4) is 0 Å². The summed E-state index contributed by atoms with van der Waals surface area (Å²) in [6.45, 7) is 2.90. The number of hydrogen-bond donors (Lipinski definition) is 1. The summed E-state index contributed by atoms with van der Waals surface area (Å²) in [5.41, 5.74) is 0.124. The summed E-state index contributed by atoms with van der Waals surface area (Å²) in [6, 6.07) is 3.88. The van der Waals surface area contributed by atoms with Crippen LogP contribution in [0.5, 0.6) is 0 Å². The average Bonchev–Trinajstić information content (AvgIpc) is 2.31. The third-order valence-electron chi connectivity index (χ3n) is 2.42. The van der Waals surface area contributed by atoms with Crippen molar-refractivity contribution in [2.45, 2.75) is 19.6 Å². The molecule has 2 rings (SSSR count). The molecule has 5 nitrogen and oxygen atoms in total. The highest BCUT2D eigenvalue weighted by Crippen LogP contribution is 2.23. The zero-order chi connectivity index (χ0) is 14.9. The predicted molar refractivity (Wildman–Crippen MR) is 69.4 cm³/mol. The molecule has 1 aliphatic rings. The smallest absolute Gasteiger partial charge is 0.350 e. The zero-order valence-electron chi connectivity index (χ0n) is 10.7. The molecule has 1 N–H and O–H groups in total. The molecule has 7 heteroatoms. The Labute approximate surface area is 119 Å². The largest absolute Gasteiger partial charge is 0.419 e. The molecule has 1 fully saturated rings. The lowest BCUT2D eigenvalue weighted by Gasteiger charge is -2.29. The number of benzene rings is 1. The van der Waals surface area contributed by atoms with Crippen LogP contribution in [-0.4, -0.2) is 17.7 Å². The van der Waals surface area contributed by atoms with Gasteiger partial charge < -0.3 is 14.8 Å². The number of hydrogen-bond acceptors (Lipinski definition) is 5. The van der Waals surface area contributed by atoms with Crippen LogP contribution in [-0.2, 0) is 19.1 Å². The Morgan fingerprint density at radius 3 is 2.40 bits per heavy atom. The summed E-state index contributed by atoms with van der Waals surface area (Å²) in [4.78, 5) is 23.3. The second-order valence-corrected chi connectivity index (χ2v) is 4.92. The second-order valence-electron chi connectivity index (χ2n) is 4.51. The van der Waals surface area contributed by atoms with E-state index in [1.807, 2.05) is 0 Å². The predicted octanol–water partition coefficient (Wildman–Crippen LogP) is 2.61. The maximum Gasteiger partial charge on any atom is 0.350 e. The van der Waals surface area contributed by atoms with Gasteiger partial charge in [0.05, 0.1) is 5.02 Å². The first-order valence-electron chi connectivity index (χ1n) is 5.67. The first kappa shape index (κ1) is 14.3. The second kappa shape index (κ2) is 5.13. The summed E-state index contributed by atoms with van der Waals surface area (Å²) in [7, 11) is 0. The van der Waals surface area contributed by atoms with Crippen molar-refractivity contribution >= 4 is 29.2 Å². The molecular weight excluding hydrogens is 289 g/mol. The van der Waals surface area contributed by atoms with Crippen LogP contribution in [0.2, 0.25) is 5.02 Å². The molecule has 1 heterocycles. The number of halogens is 2. The summed E-state index contributed by atoms with van der Waals surface area (Å²) in [5.74, 6) is -3.45. The molecule has 0 saturated carbocycles. The van der Waals surface area contributed by atoms with Gasteiger partial charge in [-0.2, -0.15) is 0 Å². The SMILES string of the molecule is CC1(C)OC(=O)C(=CNc2ccc(F)c(Cl)c2)C(=O)O1. The first-order valence-corrected chi connectivity index (χ1v) is 6.05. The van der Waals surface area contributed by atoms with Gasteiger partial charge in [0.2, 0.25) is 0 Å². The molecule has 1 saturated heterocycles. The lowest BCUT2D eigenvalue weighted by Crippen LogP contribution is -2.42. The van der Waals surface area contributed by atoms with E-state index in [0.29, 0.717) is 5.69 Å². The van der Waals surface area contributed by atoms with Gasteiger partial charge in [0.25, 0.3) is 5.79 Å². The topological polar surface area (TPSA) is 64.6 Å². The molecule has 0 amide bonds. The molecule has 0 aliphatic carbocycles. The van der Waals surface area contributed by atoms with Crippen LogP contribution in [0.3, 0.4) is 0 Å².